The molecule has 1 heterocycles. The monoisotopic (exact) mass is 448 g/mol. The van der Waals surface area contributed by atoms with Crippen LogP contribution < -0.4 is 10.2 Å². The first-order valence-electron chi connectivity index (χ1n) is 11.3. The average molecular weight is 449 g/mol. The summed E-state index contributed by atoms with van der Waals surface area (Å²) in [4.78, 5) is 51.4. The Balaban J connectivity index is 1.33. The number of fused-ring (bicyclic) bond motifs is 1. The quantitative estimate of drug-likeness (QED) is 0.538. The van der Waals surface area contributed by atoms with Gasteiger partial charge in [-0.15, -0.1) is 0 Å². The number of carbonyl (C=O) groups excluding carboxylic acids is 4. The number of imide groups is 1. The van der Waals surface area contributed by atoms with Gasteiger partial charge in [0, 0.05) is 0 Å². The Labute approximate surface area is 193 Å². The van der Waals surface area contributed by atoms with E-state index in [-0.39, 0.29) is 35.3 Å². The molecule has 172 valence electrons. The van der Waals surface area contributed by atoms with Crippen LogP contribution in [-0.4, -0.2) is 30.3 Å². The lowest BCUT2D eigenvalue weighted by Gasteiger charge is -2.25. The van der Waals surface area contributed by atoms with Crippen LogP contribution in [0.4, 0.5) is 5.69 Å². The maximum absolute atomic E-state index is 12.9. The van der Waals surface area contributed by atoms with Crippen LogP contribution in [0.5, 0.6) is 0 Å². The van der Waals surface area contributed by atoms with Crippen molar-refractivity contribution in [3.8, 4) is 0 Å². The lowest BCUT2D eigenvalue weighted by Crippen LogP contribution is -2.31. The van der Waals surface area contributed by atoms with Crippen LogP contribution in [0.25, 0.3) is 0 Å². The molecule has 0 unspecified atom stereocenters. The van der Waals surface area contributed by atoms with Crippen LogP contribution in [0.2, 0.25) is 0 Å². The van der Waals surface area contributed by atoms with Gasteiger partial charge in [0.05, 0.1) is 29.1 Å². The van der Waals surface area contributed by atoms with Crippen molar-refractivity contribution in [2.75, 3.05) is 11.5 Å². The van der Waals surface area contributed by atoms with Crippen molar-refractivity contribution in [2.24, 2.45) is 17.8 Å². The predicted molar refractivity (Wildman–Crippen MR) is 122 cm³/mol. The summed E-state index contributed by atoms with van der Waals surface area (Å²) in [6.07, 6.45) is 2.43. The largest absolute Gasteiger partial charge is 0.452 e. The van der Waals surface area contributed by atoms with E-state index in [9.17, 15) is 19.2 Å². The zero-order valence-electron chi connectivity index (χ0n) is 18.8. The molecule has 0 bridgehead atoms. The summed E-state index contributed by atoms with van der Waals surface area (Å²) in [6, 6.07) is 15.4. The molecule has 1 aliphatic carbocycles. The number of amides is 3. The van der Waals surface area contributed by atoms with Crippen molar-refractivity contribution in [3.05, 3.63) is 65.7 Å². The molecule has 33 heavy (non-hydrogen) atoms. The topological polar surface area (TPSA) is 92.8 Å². The van der Waals surface area contributed by atoms with E-state index in [1.807, 2.05) is 37.3 Å². The lowest BCUT2D eigenvalue weighted by molar-refractivity contribution is -0.125. The molecule has 2 fully saturated rings. The molecule has 0 spiro atoms. The summed E-state index contributed by atoms with van der Waals surface area (Å²) >= 11 is 0. The van der Waals surface area contributed by atoms with Crippen molar-refractivity contribution in [2.45, 2.75) is 39.2 Å². The fourth-order valence-electron chi connectivity index (χ4n) is 4.71. The predicted octanol–water partition coefficient (Wildman–Crippen LogP) is 3.65. The van der Waals surface area contributed by atoms with E-state index in [0.717, 1.165) is 24.8 Å². The molecule has 0 radical (unpaired) electrons. The van der Waals surface area contributed by atoms with Gasteiger partial charge in [-0.2, -0.15) is 0 Å². The van der Waals surface area contributed by atoms with Crippen LogP contribution in [-0.2, 0) is 19.1 Å². The third-order valence-electron chi connectivity index (χ3n) is 6.56. The lowest BCUT2D eigenvalue weighted by atomic mass is 9.76. The van der Waals surface area contributed by atoms with Crippen LogP contribution in [0.15, 0.2) is 54.6 Å². The Bertz CT molecular complexity index is 1050. The number of benzene rings is 2. The van der Waals surface area contributed by atoms with Gasteiger partial charge in [-0.3, -0.25) is 19.3 Å². The molecule has 2 aliphatic rings. The van der Waals surface area contributed by atoms with Gasteiger partial charge < -0.3 is 10.1 Å². The van der Waals surface area contributed by atoms with Crippen molar-refractivity contribution >= 4 is 29.4 Å². The number of esters is 1. The van der Waals surface area contributed by atoms with Gasteiger partial charge in [0.1, 0.15) is 0 Å². The van der Waals surface area contributed by atoms with E-state index in [0.29, 0.717) is 11.6 Å². The minimum atomic E-state index is -0.648. The number of carbonyl (C=O) groups is 4. The summed E-state index contributed by atoms with van der Waals surface area (Å²) in [7, 11) is 0. The smallest absolute Gasteiger partial charge is 0.338 e. The summed E-state index contributed by atoms with van der Waals surface area (Å²) in [5, 5.41) is 2.79. The molecule has 2 aromatic rings. The summed E-state index contributed by atoms with van der Waals surface area (Å²) in [5.74, 6) is -1.41. The van der Waals surface area contributed by atoms with Crippen molar-refractivity contribution in [1.29, 1.82) is 0 Å². The highest BCUT2D eigenvalue weighted by atomic mass is 16.5. The number of ether oxygens (including phenoxy) is 1. The molecule has 3 amide bonds. The maximum Gasteiger partial charge on any atom is 0.338 e. The maximum atomic E-state index is 12.9. The molecule has 1 saturated heterocycles. The number of hydrogen-bond acceptors (Lipinski definition) is 5. The number of rotatable bonds is 6. The first kappa shape index (κ1) is 22.7. The zero-order valence-corrected chi connectivity index (χ0v) is 18.8. The van der Waals surface area contributed by atoms with Gasteiger partial charge in [0.2, 0.25) is 11.8 Å². The SMILES string of the molecule is C[C@@H]1CC[C@@H]2C(=O)N(c3ccc(C(=O)OCC(=O)N[C@H](C)c4ccccc4)cc3)C(=O)[C@H]2C1. The van der Waals surface area contributed by atoms with Crippen molar-refractivity contribution in [1.82, 2.24) is 5.32 Å². The van der Waals surface area contributed by atoms with E-state index in [1.165, 1.54) is 17.0 Å². The van der Waals surface area contributed by atoms with E-state index >= 15 is 0 Å². The third-order valence-corrected chi connectivity index (χ3v) is 6.56. The minimum absolute atomic E-state index is 0.156. The highest BCUT2D eigenvalue weighted by molar-refractivity contribution is 6.22. The van der Waals surface area contributed by atoms with Gasteiger partial charge in [-0.1, -0.05) is 37.3 Å². The molecule has 1 saturated carbocycles. The Hall–Kier alpha value is -3.48. The van der Waals surface area contributed by atoms with Gasteiger partial charge >= 0.3 is 5.97 Å². The molecular weight excluding hydrogens is 420 g/mol. The van der Waals surface area contributed by atoms with Gasteiger partial charge in [-0.25, -0.2) is 4.79 Å². The third kappa shape index (κ3) is 4.82. The Morgan fingerprint density at radius 1 is 1.00 bits per heavy atom. The first-order valence-corrected chi connectivity index (χ1v) is 11.3. The Kier molecular flexibility index (Phi) is 6.58. The summed E-state index contributed by atoms with van der Waals surface area (Å²) in [5.41, 5.74) is 1.65. The molecule has 1 aliphatic heterocycles. The number of nitrogens with one attached hydrogen (secondary N) is 1. The molecule has 7 heteroatoms. The van der Waals surface area contributed by atoms with Gasteiger partial charge in [0.15, 0.2) is 6.61 Å². The average Bonchev–Trinajstić information content (AvgIpc) is 3.07. The van der Waals surface area contributed by atoms with Crippen molar-refractivity contribution in [3.63, 3.8) is 0 Å². The standard InChI is InChI=1S/C26H28N2O5/c1-16-8-13-21-22(14-16)25(31)28(24(21)30)20-11-9-19(10-12-20)26(32)33-15-23(29)27-17(2)18-6-4-3-5-7-18/h3-7,9-12,16-17,21-22H,8,13-15H2,1-2H3,(H,27,29)/t16-,17-,21+,22+/m1/s1. The second-order valence-corrected chi connectivity index (χ2v) is 8.97. The molecular formula is C26H28N2O5. The van der Waals surface area contributed by atoms with Crippen LogP contribution in [0.3, 0.4) is 0 Å². The molecule has 4 rings (SSSR count). The van der Waals surface area contributed by atoms with Crippen LogP contribution in [0.1, 0.15) is 55.1 Å². The van der Waals surface area contributed by atoms with Gasteiger partial charge in [-0.05, 0) is 61.9 Å². The molecule has 0 aromatic heterocycles. The number of anilines is 1. The van der Waals surface area contributed by atoms with Crippen LogP contribution >= 0.6 is 0 Å². The van der Waals surface area contributed by atoms with E-state index in [2.05, 4.69) is 12.2 Å². The van der Waals surface area contributed by atoms with Crippen molar-refractivity contribution < 1.29 is 23.9 Å². The first-order chi connectivity index (χ1) is 15.8. The molecule has 1 N–H and O–H groups in total. The van der Waals surface area contributed by atoms with E-state index in [1.54, 1.807) is 12.1 Å². The fourth-order valence-corrected chi connectivity index (χ4v) is 4.71. The Morgan fingerprint density at radius 2 is 1.67 bits per heavy atom. The number of nitrogens with zero attached hydrogens (tertiary/aromatic N) is 1. The molecule has 7 nitrogen and oxygen atoms in total. The van der Waals surface area contributed by atoms with E-state index in [4.69, 9.17) is 4.74 Å². The second-order valence-electron chi connectivity index (χ2n) is 8.97. The highest BCUT2D eigenvalue weighted by Gasteiger charge is 2.49. The second kappa shape index (κ2) is 9.57. The summed E-state index contributed by atoms with van der Waals surface area (Å²) < 4.78 is 5.12. The molecule has 2 aromatic carbocycles. The highest BCUT2D eigenvalue weighted by Crippen LogP contribution is 2.42. The van der Waals surface area contributed by atoms with E-state index < -0.39 is 18.5 Å². The normalized spacial score (nSPS) is 23.1. The fraction of sp³-hybridized carbons (Fsp3) is 0.385. The van der Waals surface area contributed by atoms with Gasteiger partial charge in [0.25, 0.3) is 5.91 Å². The molecule has 4 atom stereocenters. The zero-order chi connectivity index (χ0) is 23.5. The minimum Gasteiger partial charge on any atom is -0.452 e. The Morgan fingerprint density at radius 3 is 2.36 bits per heavy atom. The summed E-state index contributed by atoms with van der Waals surface area (Å²) in [6.45, 7) is 3.56. The van der Waals surface area contributed by atoms with Crippen LogP contribution in [0, 0.1) is 17.8 Å². The number of hydrogen-bond donors (Lipinski definition) is 1.